The van der Waals surface area contributed by atoms with Gasteiger partial charge in [0.1, 0.15) is 25.5 Å². The number of aromatic nitrogens is 2. The minimum absolute atomic E-state index is 0.0187. The average Bonchev–Trinajstić information content (AvgIpc) is 2.78. The van der Waals surface area contributed by atoms with Crippen molar-refractivity contribution in [3.63, 3.8) is 0 Å². The van der Waals surface area contributed by atoms with Crippen LogP contribution in [0.3, 0.4) is 0 Å². The van der Waals surface area contributed by atoms with E-state index in [1.807, 2.05) is 29.4 Å². The number of nitrogens with zero attached hydrogens (tertiary/aromatic N) is 2. The lowest BCUT2D eigenvalue weighted by atomic mass is 9.81. The number of aliphatic hydroxyl groups excluding tert-OH is 1. The first-order valence-corrected chi connectivity index (χ1v) is 5.92. The van der Waals surface area contributed by atoms with Crippen molar-refractivity contribution in [3.8, 4) is 0 Å². The van der Waals surface area contributed by atoms with Gasteiger partial charge in [0, 0.05) is 5.41 Å². The van der Waals surface area contributed by atoms with Crippen molar-refractivity contribution in [3.05, 3.63) is 55.7 Å². The Morgan fingerprint density at radius 2 is 2.35 bits per heavy atom. The van der Waals surface area contributed by atoms with Gasteiger partial charge < -0.3 is 5.11 Å². The fourth-order valence-electron chi connectivity index (χ4n) is 2.13. The van der Waals surface area contributed by atoms with E-state index in [4.69, 9.17) is 5.11 Å². The molecule has 17 heavy (non-hydrogen) atoms. The molecule has 0 amide bonds. The van der Waals surface area contributed by atoms with E-state index in [1.54, 1.807) is 0 Å². The van der Waals surface area contributed by atoms with Crippen molar-refractivity contribution < 1.29 is 9.67 Å². The van der Waals surface area contributed by atoms with Gasteiger partial charge in [-0.15, -0.1) is 6.58 Å². The third-order valence-corrected chi connectivity index (χ3v) is 3.16. The van der Waals surface area contributed by atoms with Crippen LogP contribution >= 0.6 is 0 Å². The van der Waals surface area contributed by atoms with Crippen LogP contribution in [0.4, 0.5) is 0 Å². The normalized spacial score (nSPS) is 22.9. The van der Waals surface area contributed by atoms with Gasteiger partial charge >= 0.3 is 0 Å². The van der Waals surface area contributed by atoms with E-state index in [1.165, 1.54) is 0 Å². The molecule has 0 radical (unpaired) electrons. The predicted molar refractivity (Wildman–Crippen MR) is 67.2 cm³/mol. The summed E-state index contributed by atoms with van der Waals surface area (Å²) in [5.41, 5.74) is 0.0187. The van der Waals surface area contributed by atoms with Crippen LogP contribution in [0.2, 0.25) is 0 Å². The minimum Gasteiger partial charge on any atom is -0.392 e. The van der Waals surface area contributed by atoms with Crippen molar-refractivity contribution >= 4 is 0 Å². The van der Waals surface area contributed by atoms with Gasteiger partial charge in [-0.25, -0.2) is 9.13 Å². The van der Waals surface area contributed by atoms with Crippen molar-refractivity contribution in [2.45, 2.75) is 19.5 Å². The first kappa shape index (κ1) is 11.9. The third kappa shape index (κ3) is 2.74. The second-order valence-electron chi connectivity index (χ2n) is 4.48. The molecule has 0 aromatic carbocycles. The topological polar surface area (TPSA) is 29.0 Å². The summed E-state index contributed by atoms with van der Waals surface area (Å²) in [5.74, 6) is 0. The number of hydrogen-bond donors (Lipinski definition) is 1. The Kier molecular flexibility index (Phi) is 3.59. The van der Waals surface area contributed by atoms with Crippen molar-refractivity contribution in [2.75, 3.05) is 6.61 Å². The average molecular weight is 231 g/mol. The summed E-state index contributed by atoms with van der Waals surface area (Å²) in [6, 6.07) is 0. The summed E-state index contributed by atoms with van der Waals surface area (Å²) in [4.78, 5) is 0. The molecule has 1 aliphatic carbocycles. The molecule has 0 spiro atoms. The number of hydrogen-bond acceptors (Lipinski definition) is 1. The Labute approximate surface area is 102 Å². The zero-order valence-corrected chi connectivity index (χ0v) is 10.00. The maximum atomic E-state index is 8.88. The molecule has 1 aromatic heterocycles. The molecule has 0 saturated heterocycles. The molecule has 3 nitrogen and oxygen atoms in total. The first-order chi connectivity index (χ1) is 8.28. The second-order valence-corrected chi connectivity index (χ2v) is 4.48. The number of rotatable bonds is 5. The molecule has 1 unspecified atom stereocenters. The Morgan fingerprint density at radius 3 is 3.00 bits per heavy atom. The zero-order valence-electron chi connectivity index (χ0n) is 10.00. The first-order valence-electron chi connectivity index (χ1n) is 5.92. The van der Waals surface area contributed by atoms with Gasteiger partial charge in [-0.05, 0) is 6.42 Å². The lowest BCUT2D eigenvalue weighted by Crippen LogP contribution is -2.40. The van der Waals surface area contributed by atoms with Crippen LogP contribution in [-0.2, 0) is 13.1 Å². The largest absolute Gasteiger partial charge is 0.392 e. The predicted octanol–water partition coefficient (Wildman–Crippen LogP) is 1.46. The summed E-state index contributed by atoms with van der Waals surface area (Å²) in [6.07, 6.45) is 17.6. The Morgan fingerprint density at radius 1 is 1.47 bits per heavy atom. The van der Waals surface area contributed by atoms with Crippen LogP contribution in [0.25, 0.3) is 0 Å². The highest BCUT2D eigenvalue weighted by Gasteiger charge is 2.26. The maximum Gasteiger partial charge on any atom is 0.243 e. The molecule has 0 fully saturated rings. The summed E-state index contributed by atoms with van der Waals surface area (Å²) < 4.78 is 4.13. The lowest BCUT2D eigenvalue weighted by Gasteiger charge is -2.25. The number of aliphatic hydroxyl groups is 1. The molecule has 1 heterocycles. The fraction of sp³-hybridized carbons (Fsp3) is 0.357. The molecule has 0 saturated carbocycles. The smallest absolute Gasteiger partial charge is 0.243 e. The molecule has 3 heteroatoms. The molecule has 1 aromatic rings. The summed E-state index contributed by atoms with van der Waals surface area (Å²) in [5, 5.41) is 8.88. The van der Waals surface area contributed by atoms with Crippen LogP contribution < -0.4 is 4.57 Å². The van der Waals surface area contributed by atoms with Crippen molar-refractivity contribution in [1.82, 2.24) is 4.57 Å². The molecule has 90 valence electrons. The molecule has 0 bridgehead atoms. The molecular formula is C14H19N2O+. The Balaban J connectivity index is 2.10. The molecule has 1 N–H and O–H groups in total. The Bertz CT molecular complexity index is 445. The molecule has 2 rings (SSSR count). The number of imidazole rings is 1. The molecule has 0 aliphatic heterocycles. The van der Waals surface area contributed by atoms with Gasteiger partial charge in [0.15, 0.2) is 0 Å². The van der Waals surface area contributed by atoms with Gasteiger partial charge in [0.05, 0.1) is 6.61 Å². The van der Waals surface area contributed by atoms with Crippen LogP contribution in [0.1, 0.15) is 6.42 Å². The van der Waals surface area contributed by atoms with E-state index >= 15 is 0 Å². The summed E-state index contributed by atoms with van der Waals surface area (Å²) in [7, 11) is 0. The Hall–Kier alpha value is -1.61. The highest BCUT2D eigenvalue weighted by Crippen LogP contribution is 2.29. The monoisotopic (exact) mass is 231 g/mol. The summed E-state index contributed by atoms with van der Waals surface area (Å²) >= 11 is 0. The van der Waals surface area contributed by atoms with E-state index in [0.717, 1.165) is 13.0 Å². The van der Waals surface area contributed by atoms with Gasteiger partial charge in [-0.1, -0.05) is 30.4 Å². The standard InChI is InChI=1S/C14H19N2O/c1-2-14(6-4-3-5-7-14)12-16-9-8-15(13-16)10-11-17/h2-6,8-9,13,17H,1,7,10-12H2/q+1. The second kappa shape index (κ2) is 5.15. The highest BCUT2D eigenvalue weighted by molar-refractivity contribution is 5.20. The molecule has 1 atom stereocenters. The maximum absolute atomic E-state index is 8.88. The fourth-order valence-corrected chi connectivity index (χ4v) is 2.13. The van der Waals surface area contributed by atoms with E-state index in [2.05, 4.69) is 35.5 Å². The van der Waals surface area contributed by atoms with Crippen LogP contribution in [0.5, 0.6) is 0 Å². The lowest BCUT2D eigenvalue weighted by molar-refractivity contribution is -0.705. The van der Waals surface area contributed by atoms with Gasteiger partial charge in [0.25, 0.3) is 0 Å². The van der Waals surface area contributed by atoms with Crippen molar-refractivity contribution in [2.24, 2.45) is 5.41 Å². The van der Waals surface area contributed by atoms with E-state index in [-0.39, 0.29) is 12.0 Å². The van der Waals surface area contributed by atoms with Crippen LogP contribution in [0.15, 0.2) is 55.7 Å². The van der Waals surface area contributed by atoms with Gasteiger partial charge in [-0.2, -0.15) is 0 Å². The van der Waals surface area contributed by atoms with Gasteiger partial charge in [0.2, 0.25) is 6.33 Å². The van der Waals surface area contributed by atoms with E-state index < -0.39 is 0 Å². The molecular weight excluding hydrogens is 212 g/mol. The zero-order chi connectivity index (χ0) is 12.1. The SMILES string of the molecule is C=CC1(C[n+]2ccn(CCO)c2)C=CC=CC1. The summed E-state index contributed by atoms with van der Waals surface area (Å²) in [6.45, 7) is 5.65. The third-order valence-electron chi connectivity index (χ3n) is 3.16. The van der Waals surface area contributed by atoms with Crippen LogP contribution in [0, 0.1) is 5.41 Å². The van der Waals surface area contributed by atoms with Crippen LogP contribution in [-0.4, -0.2) is 16.3 Å². The number of allylic oxidation sites excluding steroid dienone is 5. The van der Waals surface area contributed by atoms with E-state index in [0.29, 0.717) is 6.54 Å². The van der Waals surface area contributed by atoms with Gasteiger partial charge in [-0.3, -0.25) is 0 Å². The minimum atomic E-state index is 0.0187. The van der Waals surface area contributed by atoms with E-state index in [9.17, 15) is 0 Å². The quantitative estimate of drug-likeness (QED) is 0.603. The molecule has 1 aliphatic rings. The highest BCUT2D eigenvalue weighted by atomic mass is 16.3. The van der Waals surface area contributed by atoms with Crippen molar-refractivity contribution in [1.29, 1.82) is 0 Å².